The normalized spacial score (nSPS) is 11.6. The van der Waals surface area contributed by atoms with Gasteiger partial charge in [0.15, 0.2) is 0 Å². The van der Waals surface area contributed by atoms with Crippen LogP contribution in [0.2, 0.25) is 0 Å². The van der Waals surface area contributed by atoms with Crippen LogP contribution in [0.4, 0.5) is 0 Å². The molecule has 0 atom stereocenters. The average molecular weight is 274 g/mol. The summed E-state index contributed by atoms with van der Waals surface area (Å²) in [5, 5.41) is 3.44. The van der Waals surface area contributed by atoms with Gasteiger partial charge in [0.05, 0.1) is 12.5 Å². The van der Waals surface area contributed by atoms with E-state index >= 15 is 0 Å². The van der Waals surface area contributed by atoms with E-state index in [9.17, 15) is 0 Å². The first-order valence-electron chi connectivity index (χ1n) is 6.80. The van der Waals surface area contributed by atoms with E-state index in [2.05, 4.69) is 31.1 Å². The molecule has 2 aromatic rings. The van der Waals surface area contributed by atoms with Crippen LogP contribution in [0, 0.1) is 6.92 Å². The number of ether oxygens (including phenoxy) is 1. The highest BCUT2D eigenvalue weighted by atomic mass is 16.5. The standard InChI is InChI=1S/C16H22N2O2/c1-12-5-6-14(10-17-12)20-11-15-13(7-8-19-15)9-18-16(2,3)4/h5-8,10,18H,9,11H2,1-4H3. The number of hydrogen-bond donors (Lipinski definition) is 1. The zero-order valence-electron chi connectivity index (χ0n) is 12.6. The Morgan fingerprint density at radius 1 is 1.25 bits per heavy atom. The van der Waals surface area contributed by atoms with E-state index in [4.69, 9.17) is 9.15 Å². The van der Waals surface area contributed by atoms with Crippen LogP contribution in [0.1, 0.15) is 37.8 Å². The first-order chi connectivity index (χ1) is 9.44. The van der Waals surface area contributed by atoms with Crippen molar-refractivity contribution in [1.29, 1.82) is 0 Å². The highest BCUT2D eigenvalue weighted by Crippen LogP contribution is 2.16. The molecule has 0 bridgehead atoms. The summed E-state index contributed by atoms with van der Waals surface area (Å²) in [6.07, 6.45) is 3.43. The third kappa shape index (κ3) is 4.38. The van der Waals surface area contributed by atoms with Crippen LogP contribution >= 0.6 is 0 Å². The molecule has 0 aliphatic carbocycles. The highest BCUT2D eigenvalue weighted by Gasteiger charge is 2.12. The maximum atomic E-state index is 5.69. The van der Waals surface area contributed by atoms with Crippen LogP contribution in [-0.4, -0.2) is 10.5 Å². The number of nitrogens with one attached hydrogen (secondary N) is 1. The van der Waals surface area contributed by atoms with Gasteiger partial charge in [-0.05, 0) is 45.9 Å². The zero-order valence-corrected chi connectivity index (χ0v) is 12.6. The number of furan rings is 1. The number of aryl methyl sites for hydroxylation is 1. The Kier molecular flexibility index (Phi) is 4.45. The predicted octanol–water partition coefficient (Wildman–Crippen LogP) is 3.45. The van der Waals surface area contributed by atoms with Gasteiger partial charge in [-0.25, -0.2) is 0 Å². The molecule has 0 aliphatic rings. The predicted molar refractivity (Wildman–Crippen MR) is 78.6 cm³/mol. The fraction of sp³-hybridized carbons (Fsp3) is 0.438. The van der Waals surface area contributed by atoms with Gasteiger partial charge in [-0.3, -0.25) is 4.98 Å². The van der Waals surface area contributed by atoms with Gasteiger partial charge in [-0.2, -0.15) is 0 Å². The summed E-state index contributed by atoms with van der Waals surface area (Å²) in [7, 11) is 0. The van der Waals surface area contributed by atoms with Crippen LogP contribution in [-0.2, 0) is 13.2 Å². The van der Waals surface area contributed by atoms with Crippen LogP contribution < -0.4 is 10.1 Å². The van der Waals surface area contributed by atoms with Crippen molar-refractivity contribution in [1.82, 2.24) is 10.3 Å². The van der Waals surface area contributed by atoms with Gasteiger partial charge in [0.2, 0.25) is 0 Å². The molecule has 4 heteroatoms. The fourth-order valence-electron chi connectivity index (χ4n) is 1.70. The zero-order chi connectivity index (χ0) is 14.6. The molecule has 1 N–H and O–H groups in total. The first-order valence-corrected chi connectivity index (χ1v) is 6.80. The third-order valence-corrected chi connectivity index (χ3v) is 2.90. The van der Waals surface area contributed by atoms with Gasteiger partial charge >= 0.3 is 0 Å². The fourth-order valence-corrected chi connectivity index (χ4v) is 1.70. The Bertz CT molecular complexity index is 538. The van der Waals surface area contributed by atoms with Crippen molar-refractivity contribution in [3.05, 3.63) is 47.7 Å². The van der Waals surface area contributed by atoms with Crippen molar-refractivity contribution >= 4 is 0 Å². The van der Waals surface area contributed by atoms with Crippen molar-refractivity contribution in [2.75, 3.05) is 0 Å². The minimum Gasteiger partial charge on any atom is -0.484 e. The van der Waals surface area contributed by atoms with Gasteiger partial charge in [-0.1, -0.05) is 0 Å². The average Bonchev–Trinajstić information content (AvgIpc) is 2.82. The van der Waals surface area contributed by atoms with Gasteiger partial charge in [0.1, 0.15) is 18.1 Å². The van der Waals surface area contributed by atoms with Gasteiger partial charge in [0, 0.05) is 23.3 Å². The minimum absolute atomic E-state index is 0.0796. The lowest BCUT2D eigenvalue weighted by molar-refractivity contribution is 0.266. The number of nitrogens with zero attached hydrogens (tertiary/aromatic N) is 1. The number of aromatic nitrogens is 1. The molecule has 2 rings (SSSR count). The topological polar surface area (TPSA) is 47.3 Å². The highest BCUT2D eigenvalue weighted by molar-refractivity contribution is 5.21. The Morgan fingerprint density at radius 3 is 2.70 bits per heavy atom. The molecule has 2 aromatic heterocycles. The number of hydrogen-bond acceptors (Lipinski definition) is 4. The molecule has 0 radical (unpaired) electrons. The van der Waals surface area contributed by atoms with Gasteiger partial charge < -0.3 is 14.5 Å². The van der Waals surface area contributed by atoms with E-state index in [-0.39, 0.29) is 5.54 Å². The van der Waals surface area contributed by atoms with Crippen LogP contribution in [0.25, 0.3) is 0 Å². The molecule has 0 saturated heterocycles. The monoisotopic (exact) mass is 274 g/mol. The Labute approximate surface area is 120 Å². The van der Waals surface area contributed by atoms with E-state index in [0.29, 0.717) is 6.61 Å². The second-order valence-corrected chi connectivity index (χ2v) is 5.90. The summed E-state index contributed by atoms with van der Waals surface area (Å²) < 4.78 is 11.2. The minimum atomic E-state index is 0.0796. The molecular weight excluding hydrogens is 252 g/mol. The second kappa shape index (κ2) is 6.09. The lowest BCUT2D eigenvalue weighted by Gasteiger charge is -2.20. The Balaban J connectivity index is 1.93. The molecule has 0 aliphatic heterocycles. The Hall–Kier alpha value is -1.81. The van der Waals surface area contributed by atoms with Crippen LogP contribution in [0.15, 0.2) is 35.1 Å². The molecule has 0 aromatic carbocycles. The van der Waals surface area contributed by atoms with Gasteiger partial charge in [0.25, 0.3) is 0 Å². The van der Waals surface area contributed by atoms with E-state index < -0.39 is 0 Å². The van der Waals surface area contributed by atoms with E-state index in [0.717, 1.165) is 29.3 Å². The molecule has 108 valence electrons. The number of rotatable bonds is 5. The summed E-state index contributed by atoms with van der Waals surface area (Å²) in [6, 6.07) is 5.82. The van der Waals surface area contributed by atoms with Crippen molar-refractivity contribution in [3.8, 4) is 5.75 Å². The molecular formula is C16H22N2O2. The van der Waals surface area contributed by atoms with Crippen LogP contribution in [0.3, 0.4) is 0 Å². The smallest absolute Gasteiger partial charge is 0.146 e. The van der Waals surface area contributed by atoms with Gasteiger partial charge in [-0.15, -0.1) is 0 Å². The SMILES string of the molecule is Cc1ccc(OCc2occc2CNC(C)(C)C)cn1. The maximum absolute atomic E-state index is 5.69. The van der Waals surface area contributed by atoms with Crippen molar-refractivity contribution in [3.63, 3.8) is 0 Å². The van der Waals surface area contributed by atoms with E-state index in [1.807, 2.05) is 25.1 Å². The summed E-state index contributed by atoms with van der Waals surface area (Å²) in [4.78, 5) is 4.20. The van der Waals surface area contributed by atoms with E-state index in [1.54, 1.807) is 12.5 Å². The Morgan fingerprint density at radius 2 is 2.05 bits per heavy atom. The molecule has 2 heterocycles. The second-order valence-electron chi connectivity index (χ2n) is 5.90. The maximum Gasteiger partial charge on any atom is 0.146 e. The largest absolute Gasteiger partial charge is 0.484 e. The summed E-state index contributed by atoms with van der Waals surface area (Å²) >= 11 is 0. The summed E-state index contributed by atoms with van der Waals surface area (Å²) in [6.45, 7) is 9.56. The molecule has 0 spiro atoms. The van der Waals surface area contributed by atoms with E-state index in [1.165, 1.54) is 0 Å². The molecule has 4 nitrogen and oxygen atoms in total. The summed E-state index contributed by atoms with van der Waals surface area (Å²) in [5.74, 6) is 1.60. The van der Waals surface area contributed by atoms with Crippen LogP contribution in [0.5, 0.6) is 5.75 Å². The first kappa shape index (κ1) is 14.6. The molecule has 0 saturated carbocycles. The quantitative estimate of drug-likeness (QED) is 0.907. The molecule has 20 heavy (non-hydrogen) atoms. The molecule has 0 amide bonds. The number of pyridine rings is 1. The van der Waals surface area contributed by atoms with Crippen molar-refractivity contribution in [2.45, 2.75) is 46.4 Å². The molecule has 0 unspecified atom stereocenters. The third-order valence-electron chi connectivity index (χ3n) is 2.90. The van der Waals surface area contributed by atoms with Crippen molar-refractivity contribution < 1.29 is 9.15 Å². The van der Waals surface area contributed by atoms with Crippen molar-refractivity contribution in [2.24, 2.45) is 0 Å². The lowest BCUT2D eigenvalue weighted by Crippen LogP contribution is -2.35. The lowest BCUT2D eigenvalue weighted by atomic mass is 10.1. The molecule has 0 fully saturated rings. The summed E-state index contributed by atoms with van der Waals surface area (Å²) in [5.41, 5.74) is 2.18.